The number of hydrogen-bond donors (Lipinski definition) is 0. The second-order valence-electron chi connectivity index (χ2n) is 6.99. The summed E-state index contributed by atoms with van der Waals surface area (Å²) in [4.78, 5) is 7.30. The van der Waals surface area contributed by atoms with Crippen molar-refractivity contribution >= 4 is 0 Å². The van der Waals surface area contributed by atoms with Crippen molar-refractivity contribution in [3.63, 3.8) is 0 Å². The normalized spacial score (nSPS) is 25.8. The van der Waals surface area contributed by atoms with Crippen molar-refractivity contribution in [3.8, 4) is 17.1 Å². The highest BCUT2D eigenvalue weighted by atomic mass is 16.5. The Balaban J connectivity index is 1.48. The molecule has 0 unspecified atom stereocenters. The first-order chi connectivity index (χ1) is 12.3. The van der Waals surface area contributed by atoms with Crippen LogP contribution in [0.5, 0.6) is 0 Å². The van der Waals surface area contributed by atoms with E-state index < -0.39 is 0 Å². The molecule has 2 aliphatic heterocycles. The molecule has 25 heavy (non-hydrogen) atoms. The summed E-state index contributed by atoms with van der Waals surface area (Å²) in [6.45, 7) is 3.42. The van der Waals surface area contributed by atoms with Gasteiger partial charge in [-0.2, -0.15) is 4.98 Å². The van der Waals surface area contributed by atoms with Crippen LogP contribution in [-0.4, -0.2) is 54.9 Å². The van der Waals surface area contributed by atoms with E-state index in [2.05, 4.69) is 25.6 Å². The fourth-order valence-electron chi connectivity index (χ4n) is 4.17. The summed E-state index contributed by atoms with van der Waals surface area (Å²) in [6.07, 6.45) is 6.24. The van der Waals surface area contributed by atoms with E-state index in [-0.39, 0.29) is 5.41 Å². The average molecular weight is 337 g/mol. The number of benzene rings is 1. The molecule has 2 saturated heterocycles. The van der Waals surface area contributed by atoms with Gasteiger partial charge in [-0.3, -0.25) is 0 Å². The summed E-state index contributed by atoms with van der Waals surface area (Å²) in [6, 6.07) is 7.84. The minimum Gasteiger partial charge on any atom is -0.338 e. The summed E-state index contributed by atoms with van der Waals surface area (Å²) in [5, 5.41) is 15.5. The molecule has 5 rings (SSSR count). The number of hydrogen-bond acceptors (Lipinski definition) is 7. The number of rotatable bonds is 3. The summed E-state index contributed by atoms with van der Waals surface area (Å²) in [7, 11) is 0. The van der Waals surface area contributed by atoms with Gasteiger partial charge in [0.25, 0.3) is 0 Å². The van der Waals surface area contributed by atoms with Crippen molar-refractivity contribution in [1.29, 1.82) is 0 Å². The molecule has 2 aromatic heterocycles. The highest BCUT2D eigenvalue weighted by Gasteiger charge is 2.44. The first kappa shape index (κ1) is 14.7. The van der Waals surface area contributed by atoms with E-state index in [1.54, 1.807) is 11.0 Å². The van der Waals surface area contributed by atoms with Crippen LogP contribution >= 0.6 is 0 Å². The molecule has 0 spiro atoms. The molecule has 0 amide bonds. The molecule has 8 nitrogen and oxygen atoms in total. The Morgan fingerprint density at radius 1 is 1.12 bits per heavy atom. The van der Waals surface area contributed by atoms with Crippen LogP contribution in [0.2, 0.25) is 0 Å². The Labute approximate surface area is 144 Å². The first-order valence-corrected chi connectivity index (χ1v) is 8.73. The van der Waals surface area contributed by atoms with Crippen molar-refractivity contribution in [3.05, 3.63) is 36.5 Å². The predicted molar refractivity (Wildman–Crippen MR) is 89.0 cm³/mol. The molecular weight excluding hydrogens is 318 g/mol. The third-order valence-electron chi connectivity index (χ3n) is 5.38. The summed E-state index contributed by atoms with van der Waals surface area (Å²) in [5.74, 6) is 1.42. The SMILES string of the molecule is c1cc(-c2noc(C34CCCN(CCC3)C4)n2)cc(-n2cnnn2)c1. The molecule has 0 atom stereocenters. The molecule has 1 aromatic carbocycles. The topological polar surface area (TPSA) is 85.8 Å². The molecule has 0 saturated carbocycles. The van der Waals surface area contributed by atoms with Gasteiger partial charge in [-0.25, -0.2) is 4.68 Å². The second kappa shape index (κ2) is 5.73. The molecule has 0 aliphatic carbocycles. The number of fused-ring (bicyclic) bond motifs is 2. The predicted octanol–water partition coefficient (Wildman–Crippen LogP) is 1.84. The highest BCUT2D eigenvalue weighted by Crippen LogP contribution is 2.40. The van der Waals surface area contributed by atoms with Crippen LogP contribution in [0, 0.1) is 0 Å². The Morgan fingerprint density at radius 2 is 2.00 bits per heavy atom. The van der Waals surface area contributed by atoms with E-state index in [0.29, 0.717) is 5.82 Å². The number of tetrazole rings is 1. The van der Waals surface area contributed by atoms with Gasteiger partial charge in [-0.15, -0.1) is 5.10 Å². The molecule has 2 bridgehead atoms. The standard InChI is InChI=1S/C17H19N7O/c1-4-13(10-14(5-1)24-12-18-21-22-24)15-19-16(25-20-15)17-6-2-8-23(11-17)9-3-7-17/h1,4-5,10,12H,2-3,6-9,11H2. The second-order valence-corrected chi connectivity index (χ2v) is 6.99. The summed E-state index contributed by atoms with van der Waals surface area (Å²) >= 11 is 0. The molecular formula is C17H19N7O. The fraction of sp³-hybridized carbons (Fsp3) is 0.471. The zero-order valence-corrected chi connectivity index (χ0v) is 13.9. The van der Waals surface area contributed by atoms with Gasteiger partial charge in [0.2, 0.25) is 11.7 Å². The maximum absolute atomic E-state index is 5.73. The van der Waals surface area contributed by atoms with Crippen LogP contribution in [0.25, 0.3) is 17.1 Å². The maximum atomic E-state index is 5.73. The largest absolute Gasteiger partial charge is 0.338 e. The minimum absolute atomic E-state index is 0.0369. The van der Waals surface area contributed by atoms with Crippen LogP contribution < -0.4 is 0 Å². The van der Waals surface area contributed by atoms with Gasteiger partial charge in [-0.1, -0.05) is 17.3 Å². The Bertz CT molecular complexity index is 863. The molecule has 2 aliphatic rings. The lowest BCUT2D eigenvalue weighted by molar-refractivity contribution is 0.0711. The van der Waals surface area contributed by atoms with Gasteiger partial charge < -0.3 is 9.42 Å². The maximum Gasteiger partial charge on any atom is 0.234 e. The zero-order chi connectivity index (χ0) is 16.7. The van der Waals surface area contributed by atoms with E-state index in [0.717, 1.165) is 36.5 Å². The van der Waals surface area contributed by atoms with E-state index >= 15 is 0 Å². The van der Waals surface area contributed by atoms with Gasteiger partial charge in [0.15, 0.2) is 0 Å². The van der Waals surface area contributed by atoms with Crippen molar-refractivity contribution in [2.75, 3.05) is 19.6 Å². The van der Waals surface area contributed by atoms with Crippen molar-refractivity contribution in [2.45, 2.75) is 31.1 Å². The van der Waals surface area contributed by atoms with Crippen molar-refractivity contribution in [1.82, 2.24) is 35.2 Å². The Morgan fingerprint density at radius 3 is 2.80 bits per heavy atom. The van der Waals surface area contributed by atoms with Crippen LogP contribution in [-0.2, 0) is 5.41 Å². The van der Waals surface area contributed by atoms with Gasteiger partial charge >= 0.3 is 0 Å². The fourth-order valence-corrected chi connectivity index (χ4v) is 4.17. The lowest BCUT2D eigenvalue weighted by Gasteiger charge is -2.44. The molecule has 4 heterocycles. The van der Waals surface area contributed by atoms with E-state index in [4.69, 9.17) is 9.51 Å². The number of piperidine rings is 2. The summed E-state index contributed by atoms with van der Waals surface area (Å²) < 4.78 is 7.35. The lowest BCUT2D eigenvalue weighted by atomic mass is 9.73. The van der Waals surface area contributed by atoms with E-state index in [9.17, 15) is 0 Å². The van der Waals surface area contributed by atoms with Crippen LogP contribution in [0.15, 0.2) is 35.1 Å². The van der Waals surface area contributed by atoms with Gasteiger partial charge in [0.1, 0.15) is 6.33 Å². The van der Waals surface area contributed by atoms with Crippen LogP contribution in [0.4, 0.5) is 0 Å². The third-order valence-corrected chi connectivity index (χ3v) is 5.38. The monoisotopic (exact) mass is 337 g/mol. The van der Waals surface area contributed by atoms with E-state index in [1.165, 1.54) is 25.9 Å². The highest BCUT2D eigenvalue weighted by molar-refractivity contribution is 5.58. The Kier molecular flexibility index (Phi) is 3.37. The van der Waals surface area contributed by atoms with Crippen molar-refractivity contribution < 1.29 is 4.52 Å². The van der Waals surface area contributed by atoms with E-state index in [1.807, 2.05) is 24.3 Å². The quantitative estimate of drug-likeness (QED) is 0.721. The summed E-state index contributed by atoms with van der Waals surface area (Å²) in [5.41, 5.74) is 1.81. The van der Waals surface area contributed by atoms with Crippen LogP contribution in [0.3, 0.4) is 0 Å². The molecule has 8 heteroatoms. The van der Waals surface area contributed by atoms with Gasteiger partial charge in [-0.05, 0) is 61.3 Å². The molecule has 128 valence electrons. The first-order valence-electron chi connectivity index (χ1n) is 8.73. The number of aromatic nitrogens is 6. The molecule has 3 aromatic rings. The van der Waals surface area contributed by atoms with Gasteiger partial charge in [0, 0.05) is 12.1 Å². The Hall–Kier alpha value is -2.61. The lowest BCUT2D eigenvalue weighted by Crippen LogP contribution is -2.50. The van der Waals surface area contributed by atoms with Gasteiger partial charge in [0.05, 0.1) is 11.1 Å². The van der Waals surface area contributed by atoms with Crippen molar-refractivity contribution in [2.24, 2.45) is 0 Å². The van der Waals surface area contributed by atoms with Crippen LogP contribution in [0.1, 0.15) is 31.6 Å². The molecule has 0 N–H and O–H groups in total. The zero-order valence-electron chi connectivity index (χ0n) is 13.9. The number of nitrogens with zero attached hydrogens (tertiary/aromatic N) is 7. The third kappa shape index (κ3) is 2.53. The molecule has 2 fully saturated rings. The minimum atomic E-state index is 0.0369. The smallest absolute Gasteiger partial charge is 0.234 e. The average Bonchev–Trinajstić information content (AvgIpc) is 3.34. The molecule has 0 radical (unpaired) electrons.